The van der Waals surface area contributed by atoms with E-state index >= 15 is 0 Å². The summed E-state index contributed by atoms with van der Waals surface area (Å²) in [5.74, 6) is 0. The van der Waals surface area contributed by atoms with Crippen molar-refractivity contribution in [1.82, 2.24) is 0 Å². The van der Waals surface area contributed by atoms with Gasteiger partial charge >= 0.3 is 0 Å². The molecule has 1 aromatic carbocycles. The van der Waals surface area contributed by atoms with Crippen LogP contribution in [-0.4, -0.2) is 23.0 Å². The molecule has 0 bridgehead atoms. The Hall–Kier alpha value is -0.866. The van der Waals surface area contributed by atoms with Gasteiger partial charge in [-0.15, -0.1) is 5.73 Å². The average molecular weight is 389 g/mol. The molecule has 0 radical (unpaired) electrons. The molecule has 0 saturated heterocycles. The molecule has 0 amide bonds. The largest absolute Gasteiger partial charge is 0.412 e. The zero-order valence-electron chi connectivity index (χ0n) is 18.6. The second kappa shape index (κ2) is 9.37. The van der Waals surface area contributed by atoms with E-state index in [-0.39, 0.29) is 5.04 Å². The van der Waals surface area contributed by atoms with E-state index in [4.69, 9.17) is 4.43 Å². The van der Waals surface area contributed by atoms with Crippen LogP contribution < -0.4 is 0 Å². The fourth-order valence-corrected chi connectivity index (χ4v) is 5.04. The van der Waals surface area contributed by atoms with Crippen molar-refractivity contribution in [3.05, 3.63) is 52.8 Å². The first kappa shape index (κ1) is 23.2. The van der Waals surface area contributed by atoms with Gasteiger partial charge in [0, 0.05) is 8.07 Å². The molecule has 0 aliphatic rings. The van der Waals surface area contributed by atoms with Gasteiger partial charge in [0.2, 0.25) is 0 Å². The Kier molecular flexibility index (Phi) is 8.35. The molecule has 0 unspecified atom stereocenters. The van der Waals surface area contributed by atoms with Crippen LogP contribution in [-0.2, 0) is 10.8 Å². The SMILES string of the molecule is CC(=C=C(CO[Si](C)(C)C(C)(C)C)C[Si](C)(C)C)CCc1ccccc1. The van der Waals surface area contributed by atoms with Crippen molar-refractivity contribution < 1.29 is 4.43 Å². The van der Waals surface area contributed by atoms with Crippen LogP contribution in [0.15, 0.2) is 47.2 Å². The average Bonchev–Trinajstić information content (AvgIpc) is 2.49. The van der Waals surface area contributed by atoms with Crippen molar-refractivity contribution in [3.8, 4) is 0 Å². The highest BCUT2D eigenvalue weighted by Gasteiger charge is 2.37. The molecule has 0 spiro atoms. The normalized spacial score (nSPS) is 12.7. The van der Waals surface area contributed by atoms with Crippen LogP contribution in [0.3, 0.4) is 0 Å². The van der Waals surface area contributed by atoms with E-state index in [1.54, 1.807) is 0 Å². The standard InChI is InChI=1S/C23H40OSi2/c1-20(15-16-21-13-11-10-12-14-21)17-22(19-25(5,6)7)18-24-26(8,9)23(2,3)4/h10-14H,15-16,18-19H2,1-9H3. The molecule has 0 saturated carbocycles. The first-order valence-corrected chi connectivity index (χ1v) is 16.5. The summed E-state index contributed by atoms with van der Waals surface area (Å²) in [7, 11) is -2.91. The second-order valence-corrected chi connectivity index (χ2v) is 20.6. The van der Waals surface area contributed by atoms with E-state index in [2.05, 4.69) is 96.5 Å². The predicted molar refractivity (Wildman–Crippen MR) is 122 cm³/mol. The lowest BCUT2D eigenvalue weighted by molar-refractivity contribution is 0.318. The summed E-state index contributed by atoms with van der Waals surface area (Å²) in [4.78, 5) is 0. The Morgan fingerprint density at radius 2 is 1.58 bits per heavy atom. The molecule has 0 fully saturated rings. The van der Waals surface area contributed by atoms with Gasteiger partial charge in [-0.25, -0.2) is 0 Å². The van der Waals surface area contributed by atoms with Crippen molar-refractivity contribution in [3.63, 3.8) is 0 Å². The molecule has 0 heterocycles. The first-order chi connectivity index (χ1) is 11.8. The Morgan fingerprint density at radius 1 is 1.00 bits per heavy atom. The van der Waals surface area contributed by atoms with Crippen LogP contribution in [0.4, 0.5) is 0 Å². The third-order valence-corrected chi connectivity index (χ3v) is 11.1. The molecule has 3 heteroatoms. The lowest BCUT2D eigenvalue weighted by Crippen LogP contribution is -2.41. The number of aryl methyl sites for hydroxylation is 1. The fraction of sp³-hybridized carbons (Fsp3) is 0.609. The summed E-state index contributed by atoms with van der Waals surface area (Å²) < 4.78 is 6.51. The van der Waals surface area contributed by atoms with E-state index in [1.165, 1.54) is 22.8 Å². The molecular weight excluding hydrogens is 348 g/mol. The third kappa shape index (κ3) is 8.68. The minimum Gasteiger partial charge on any atom is -0.412 e. The van der Waals surface area contributed by atoms with Crippen molar-refractivity contribution in [2.45, 2.75) is 84.4 Å². The Morgan fingerprint density at radius 3 is 2.08 bits per heavy atom. The van der Waals surface area contributed by atoms with Crippen LogP contribution in [0, 0.1) is 0 Å². The fourth-order valence-electron chi connectivity index (χ4n) is 2.60. The smallest absolute Gasteiger partial charge is 0.192 e. The van der Waals surface area contributed by atoms with E-state index in [9.17, 15) is 0 Å². The molecule has 0 N–H and O–H groups in total. The van der Waals surface area contributed by atoms with Gasteiger partial charge in [-0.2, -0.15) is 0 Å². The maximum atomic E-state index is 6.51. The molecule has 1 aromatic rings. The van der Waals surface area contributed by atoms with Crippen LogP contribution in [0.1, 0.15) is 39.7 Å². The van der Waals surface area contributed by atoms with E-state index in [0.717, 1.165) is 19.4 Å². The van der Waals surface area contributed by atoms with Crippen LogP contribution in [0.2, 0.25) is 43.8 Å². The zero-order chi connectivity index (χ0) is 20.0. The number of benzene rings is 1. The highest BCUT2D eigenvalue weighted by Crippen LogP contribution is 2.37. The van der Waals surface area contributed by atoms with Gasteiger partial charge in [-0.3, -0.25) is 0 Å². The number of hydrogen-bond acceptors (Lipinski definition) is 1. The maximum Gasteiger partial charge on any atom is 0.192 e. The number of rotatable bonds is 8. The number of hydrogen-bond donors (Lipinski definition) is 0. The molecule has 26 heavy (non-hydrogen) atoms. The van der Waals surface area contributed by atoms with Gasteiger partial charge in [0.1, 0.15) is 0 Å². The Bertz CT molecular complexity index is 624. The summed E-state index contributed by atoms with van der Waals surface area (Å²) >= 11 is 0. The maximum absolute atomic E-state index is 6.51. The minimum atomic E-state index is -1.72. The summed E-state index contributed by atoms with van der Waals surface area (Å²) in [6.07, 6.45) is 2.16. The topological polar surface area (TPSA) is 9.23 Å². The van der Waals surface area contributed by atoms with Gasteiger partial charge < -0.3 is 4.43 Å². The summed E-state index contributed by atoms with van der Waals surface area (Å²) in [6.45, 7) is 21.9. The third-order valence-electron chi connectivity index (χ3n) is 5.18. The molecule has 0 aromatic heterocycles. The monoisotopic (exact) mass is 388 g/mol. The van der Waals surface area contributed by atoms with Crippen LogP contribution >= 0.6 is 0 Å². The summed E-state index contributed by atoms with van der Waals surface area (Å²) in [5, 5.41) is 0.253. The molecular formula is C23H40OSi2. The second-order valence-electron chi connectivity index (χ2n) is 10.3. The van der Waals surface area contributed by atoms with E-state index in [1.807, 2.05) is 0 Å². The van der Waals surface area contributed by atoms with Gasteiger partial charge in [0.15, 0.2) is 8.32 Å². The van der Waals surface area contributed by atoms with Crippen LogP contribution in [0.25, 0.3) is 0 Å². The van der Waals surface area contributed by atoms with Crippen molar-refractivity contribution in [1.29, 1.82) is 0 Å². The first-order valence-electron chi connectivity index (χ1n) is 9.92. The van der Waals surface area contributed by atoms with Gasteiger partial charge in [-0.05, 0) is 60.7 Å². The summed E-state index contributed by atoms with van der Waals surface area (Å²) in [5.41, 5.74) is 7.86. The minimum absolute atomic E-state index is 0.253. The molecule has 0 atom stereocenters. The summed E-state index contributed by atoms with van der Waals surface area (Å²) in [6, 6.07) is 11.9. The Balaban J connectivity index is 2.91. The van der Waals surface area contributed by atoms with Gasteiger partial charge in [-0.1, -0.05) is 70.7 Å². The van der Waals surface area contributed by atoms with Gasteiger partial charge in [0.25, 0.3) is 0 Å². The van der Waals surface area contributed by atoms with Crippen molar-refractivity contribution in [2.24, 2.45) is 0 Å². The predicted octanol–water partition coefficient (Wildman–Crippen LogP) is 7.45. The Labute approximate surface area is 164 Å². The van der Waals surface area contributed by atoms with Crippen molar-refractivity contribution >= 4 is 16.4 Å². The highest BCUT2D eigenvalue weighted by atomic mass is 28.4. The molecule has 146 valence electrons. The molecule has 0 aliphatic carbocycles. The lowest BCUT2D eigenvalue weighted by atomic mass is 10.1. The van der Waals surface area contributed by atoms with Crippen LogP contribution in [0.5, 0.6) is 0 Å². The van der Waals surface area contributed by atoms with E-state index in [0.29, 0.717) is 0 Å². The molecule has 1 rings (SSSR count). The quantitative estimate of drug-likeness (QED) is 0.332. The molecule has 1 nitrogen and oxygen atoms in total. The van der Waals surface area contributed by atoms with Gasteiger partial charge in [0.05, 0.1) is 6.61 Å². The molecule has 0 aliphatic heterocycles. The lowest BCUT2D eigenvalue weighted by Gasteiger charge is -2.36. The highest BCUT2D eigenvalue weighted by molar-refractivity contribution is 6.76. The zero-order valence-corrected chi connectivity index (χ0v) is 20.6. The van der Waals surface area contributed by atoms with Crippen molar-refractivity contribution in [2.75, 3.05) is 6.61 Å². The van der Waals surface area contributed by atoms with E-state index < -0.39 is 16.4 Å².